The molecule has 0 aliphatic carbocycles. The number of nitrogens with two attached hydrogens (primary N) is 1. The maximum Gasteiger partial charge on any atom is 0.238 e. The summed E-state index contributed by atoms with van der Waals surface area (Å²) < 4.78 is 23.8. The largest absolute Gasteiger partial charge is 0.375 e. The number of rotatable bonds is 2. The Hall–Kier alpha value is -2.00. The molecule has 140 valence electrons. The Balaban J connectivity index is 1.89. The second-order valence-corrected chi connectivity index (χ2v) is 10.8. The number of primary sulfonamides is 1. The summed E-state index contributed by atoms with van der Waals surface area (Å²) in [6.45, 7) is 6.43. The quantitative estimate of drug-likeness (QED) is 0.609. The van der Waals surface area contributed by atoms with Gasteiger partial charge in [-0.05, 0) is 56.7 Å². The van der Waals surface area contributed by atoms with E-state index in [9.17, 15) is 8.42 Å². The summed E-state index contributed by atoms with van der Waals surface area (Å²) in [5, 5.41) is 8.80. The molecule has 0 bridgehead atoms. The summed E-state index contributed by atoms with van der Waals surface area (Å²) in [6.07, 6.45) is 0. The molecular weight excluding hydrogens is 398 g/mol. The van der Waals surface area contributed by atoms with E-state index in [4.69, 9.17) is 10.1 Å². The molecular formula is C19H19N3O2S3. The zero-order valence-corrected chi connectivity index (χ0v) is 17.6. The minimum absolute atomic E-state index is 0.0867. The molecule has 27 heavy (non-hydrogen) atoms. The minimum Gasteiger partial charge on any atom is -0.375 e. The zero-order valence-electron chi connectivity index (χ0n) is 15.1. The van der Waals surface area contributed by atoms with Crippen molar-refractivity contribution >= 4 is 42.1 Å². The lowest BCUT2D eigenvalue weighted by molar-refractivity contribution is 0.598. The van der Waals surface area contributed by atoms with Gasteiger partial charge in [-0.15, -0.1) is 0 Å². The molecule has 2 aromatic carbocycles. The molecule has 5 nitrogen and oxygen atoms in total. The van der Waals surface area contributed by atoms with Crippen molar-refractivity contribution in [3.05, 3.63) is 57.6 Å². The number of benzene rings is 2. The van der Waals surface area contributed by atoms with E-state index in [0.29, 0.717) is 5.69 Å². The predicted octanol–water partition coefficient (Wildman–Crippen LogP) is 4.33. The summed E-state index contributed by atoms with van der Waals surface area (Å²) in [4.78, 5) is 6.13. The first-order valence-corrected chi connectivity index (χ1v) is 12.1. The number of fused-ring (bicyclic) bond motifs is 3. The van der Waals surface area contributed by atoms with Crippen LogP contribution in [-0.2, 0) is 15.6 Å². The van der Waals surface area contributed by atoms with E-state index < -0.39 is 10.0 Å². The molecule has 1 aromatic heterocycles. The fourth-order valence-electron chi connectivity index (χ4n) is 3.19. The number of hydrogen-bond donors (Lipinski definition) is 2. The van der Waals surface area contributed by atoms with Gasteiger partial charge >= 0.3 is 0 Å². The van der Waals surface area contributed by atoms with Gasteiger partial charge in [-0.3, -0.25) is 0 Å². The Labute approximate surface area is 165 Å². The van der Waals surface area contributed by atoms with Crippen LogP contribution in [0.1, 0.15) is 24.3 Å². The average molecular weight is 418 g/mol. The van der Waals surface area contributed by atoms with Crippen molar-refractivity contribution in [2.75, 3.05) is 5.32 Å². The highest BCUT2D eigenvalue weighted by molar-refractivity contribution is 7.89. The summed E-state index contributed by atoms with van der Waals surface area (Å²) in [7, 11) is -0.346. The van der Waals surface area contributed by atoms with Crippen LogP contribution in [0.2, 0.25) is 0 Å². The fourth-order valence-corrected chi connectivity index (χ4v) is 6.64. The fraction of sp³-hybridized carbons (Fsp3) is 0.211. The number of anilines is 1. The smallest absolute Gasteiger partial charge is 0.238 e. The van der Waals surface area contributed by atoms with Crippen LogP contribution in [0.15, 0.2) is 52.4 Å². The maximum absolute atomic E-state index is 11.4. The first-order valence-electron chi connectivity index (χ1n) is 8.35. The molecule has 1 aliphatic heterocycles. The van der Waals surface area contributed by atoms with Gasteiger partial charge in [-0.25, -0.2) is 18.5 Å². The highest BCUT2D eigenvalue weighted by Crippen LogP contribution is 2.45. The summed E-state index contributed by atoms with van der Waals surface area (Å²) in [6, 6.07) is 12.7. The molecule has 3 N–H and O–H groups in total. The summed E-state index contributed by atoms with van der Waals surface area (Å²) in [5.41, 5.74) is 5.13. The first kappa shape index (κ1) is 18.4. The normalized spacial score (nSPS) is 15.8. The molecule has 0 radical (unpaired) electrons. The third-order valence-corrected chi connectivity index (χ3v) is 8.07. The van der Waals surface area contributed by atoms with Crippen LogP contribution in [0.25, 0.3) is 11.1 Å². The Kier molecular flexibility index (Phi) is 4.27. The lowest BCUT2D eigenvalue weighted by Crippen LogP contribution is -2.31. The number of nitrogens with zero attached hydrogens (tertiary/aromatic N) is 1. The Bertz CT molecular complexity index is 1200. The van der Waals surface area contributed by atoms with Gasteiger partial charge in [0.2, 0.25) is 10.0 Å². The molecule has 0 spiro atoms. The van der Waals surface area contributed by atoms with Crippen molar-refractivity contribution < 1.29 is 8.42 Å². The zero-order chi connectivity index (χ0) is 19.4. The van der Waals surface area contributed by atoms with Crippen LogP contribution in [0.3, 0.4) is 0 Å². The number of nitrogens with one attached hydrogen (secondary N) is 1. The molecule has 0 atom stereocenters. The third kappa shape index (κ3) is 3.34. The van der Waals surface area contributed by atoms with Crippen molar-refractivity contribution in [1.29, 1.82) is 0 Å². The van der Waals surface area contributed by atoms with Crippen LogP contribution in [0, 0.1) is 6.92 Å². The van der Waals surface area contributed by atoms with Crippen molar-refractivity contribution in [3.63, 3.8) is 0 Å². The Morgan fingerprint density at radius 2 is 1.78 bits per heavy atom. The molecule has 0 fully saturated rings. The SMILES string of the molecule is Cc1ccc2c(c1)NC(C)(C)c1ssc(=Nc3ccc(S(N)(=O)=O)cc3)c1-2. The minimum atomic E-state index is -3.70. The molecule has 2 heterocycles. The van der Waals surface area contributed by atoms with Crippen LogP contribution in [-0.4, -0.2) is 8.42 Å². The van der Waals surface area contributed by atoms with Gasteiger partial charge in [-0.2, -0.15) is 0 Å². The molecule has 3 aromatic rings. The standard InChI is InChI=1S/C19H19N3O2S3/c1-11-4-9-14-15(10-11)22-19(2,3)17-16(14)18(26-25-17)21-12-5-7-13(8-6-12)27(20,23)24/h4-10,22H,1-3H3,(H2,20,23,24). The molecule has 0 saturated carbocycles. The predicted molar refractivity (Wildman–Crippen MR) is 112 cm³/mol. The summed E-state index contributed by atoms with van der Waals surface area (Å²) in [5.74, 6) is 0. The van der Waals surface area contributed by atoms with E-state index >= 15 is 0 Å². The van der Waals surface area contributed by atoms with Crippen LogP contribution >= 0.6 is 20.7 Å². The van der Waals surface area contributed by atoms with Crippen LogP contribution < -0.4 is 15.1 Å². The second kappa shape index (κ2) is 6.27. The van der Waals surface area contributed by atoms with E-state index in [0.717, 1.165) is 21.5 Å². The van der Waals surface area contributed by atoms with Gasteiger partial charge in [0.1, 0.15) is 4.67 Å². The average Bonchev–Trinajstić information content (AvgIpc) is 2.99. The molecule has 1 aliphatic rings. The van der Waals surface area contributed by atoms with Gasteiger partial charge in [0.25, 0.3) is 0 Å². The van der Waals surface area contributed by atoms with Crippen LogP contribution in [0.4, 0.5) is 11.4 Å². The van der Waals surface area contributed by atoms with E-state index in [-0.39, 0.29) is 10.4 Å². The van der Waals surface area contributed by atoms with Gasteiger partial charge in [-0.1, -0.05) is 32.8 Å². The summed E-state index contributed by atoms with van der Waals surface area (Å²) >= 11 is 0. The van der Waals surface area contributed by atoms with E-state index in [1.165, 1.54) is 22.6 Å². The van der Waals surface area contributed by atoms with Gasteiger partial charge < -0.3 is 5.32 Å². The van der Waals surface area contributed by atoms with Crippen LogP contribution in [0.5, 0.6) is 0 Å². The topological polar surface area (TPSA) is 84.5 Å². The third-order valence-electron chi connectivity index (χ3n) is 4.50. The Morgan fingerprint density at radius 1 is 1.07 bits per heavy atom. The lowest BCUT2D eigenvalue weighted by Gasteiger charge is -2.33. The molecule has 8 heteroatoms. The van der Waals surface area contributed by atoms with E-state index in [1.807, 2.05) is 0 Å². The van der Waals surface area contributed by atoms with Crippen molar-refractivity contribution in [2.45, 2.75) is 31.2 Å². The number of sulfonamides is 1. The van der Waals surface area contributed by atoms with Gasteiger partial charge in [0.05, 0.1) is 21.0 Å². The molecule has 0 unspecified atom stereocenters. The molecule has 0 saturated heterocycles. The lowest BCUT2D eigenvalue weighted by atomic mass is 9.89. The number of aryl methyl sites for hydroxylation is 1. The second-order valence-electron chi connectivity index (χ2n) is 7.13. The Morgan fingerprint density at radius 3 is 2.44 bits per heavy atom. The number of hydrogen-bond acceptors (Lipinski definition) is 6. The highest BCUT2D eigenvalue weighted by Gasteiger charge is 2.33. The highest BCUT2D eigenvalue weighted by atomic mass is 32.9. The molecule has 0 amide bonds. The van der Waals surface area contributed by atoms with Gasteiger partial charge in [0.15, 0.2) is 0 Å². The molecule has 4 rings (SSSR count). The van der Waals surface area contributed by atoms with E-state index in [2.05, 4.69) is 44.3 Å². The first-order chi connectivity index (χ1) is 12.6. The van der Waals surface area contributed by atoms with Crippen molar-refractivity contribution in [3.8, 4) is 11.1 Å². The van der Waals surface area contributed by atoms with Crippen molar-refractivity contribution in [2.24, 2.45) is 10.1 Å². The van der Waals surface area contributed by atoms with E-state index in [1.54, 1.807) is 32.8 Å². The van der Waals surface area contributed by atoms with Crippen molar-refractivity contribution in [1.82, 2.24) is 0 Å². The van der Waals surface area contributed by atoms with Gasteiger partial charge in [0, 0.05) is 16.8 Å². The monoisotopic (exact) mass is 417 g/mol. The maximum atomic E-state index is 11.4.